The van der Waals surface area contributed by atoms with Gasteiger partial charge in [-0.3, -0.25) is 0 Å². The van der Waals surface area contributed by atoms with Crippen molar-refractivity contribution in [2.45, 2.75) is 18.6 Å². The molecule has 0 heterocycles. The summed E-state index contributed by atoms with van der Waals surface area (Å²) in [6, 6.07) is 2.87. The van der Waals surface area contributed by atoms with Crippen LogP contribution in [-0.4, -0.2) is 22.9 Å². The Kier molecular flexibility index (Phi) is 4.52. The first-order chi connectivity index (χ1) is 8.01. The summed E-state index contributed by atoms with van der Waals surface area (Å²) >= 11 is 0. The minimum absolute atomic E-state index is 0.0578. The van der Waals surface area contributed by atoms with E-state index in [0.717, 1.165) is 0 Å². The Balaban J connectivity index is 3.07. The summed E-state index contributed by atoms with van der Waals surface area (Å²) in [7, 11) is 0. The summed E-state index contributed by atoms with van der Waals surface area (Å²) in [6.07, 6.45) is -2.79. The molecule has 1 aromatic carbocycles. The number of aliphatic hydroxyl groups is 2. The fourth-order valence-electron chi connectivity index (χ4n) is 1.41. The maximum Gasteiger partial charge on any atom is 0.141 e. The van der Waals surface area contributed by atoms with Crippen LogP contribution >= 0.6 is 0 Å². The van der Waals surface area contributed by atoms with Gasteiger partial charge in [0.25, 0.3) is 0 Å². The maximum absolute atomic E-state index is 13.4. The molecule has 2 unspecified atom stereocenters. The molecule has 1 aromatic rings. The maximum atomic E-state index is 13.4. The van der Waals surface area contributed by atoms with E-state index < -0.39 is 29.4 Å². The summed E-state index contributed by atoms with van der Waals surface area (Å²) < 4.78 is 26.7. The number of nitriles is 1. The van der Waals surface area contributed by atoms with Gasteiger partial charge in [-0.25, -0.2) is 8.78 Å². The lowest BCUT2D eigenvalue weighted by atomic mass is 10.00. The second-order valence-electron chi connectivity index (χ2n) is 3.55. The van der Waals surface area contributed by atoms with Crippen LogP contribution in [0.5, 0.6) is 0 Å². The molecule has 0 saturated heterocycles. The van der Waals surface area contributed by atoms with E-state index in [4.69, 9.17) is 11.0 Å². The van der Waals surface area contributed by atoms with Crippen molar-refractivity contribution in [3.8, 4) is 6.07 Å². The Morgan fingerprint density at radius 2 is 1.94 bits per heavy atom. The number of benzene rings is 1. The molecule has 0 aliphatic rings. The zero-order valence-corrected chi connectivity index (χ0v) is 8.90. The van der Waals surface area contributed by atoms with Crippen LogP contribution in [0.15, 0.2) is 12.1 Å². The molecule has 4 nitrogen and oxygen atoms in total. The predicted octanol–water partition coefficient (Wildman–Crippen LogP) is 0.580. The van der Waals surface area contributed by atoms with Gasteiger partial charge in [0.1, 0.15) is 23.8 Å². The molecule has 0 aromatic heterocycles. The van der Waals surface area contributed by atoms with Gasteiger partial charge in [0.05, 0.1) is 11.7 Å². The topological polar surface area (TPSA) is 90.3 Å². The summed E-state index contributed by atoms with van der Waals surface area (Å²) in [6.45, 7) is 0.110. The van der Waals surface area contributed by atoms with Gasteiger partial charge in [-0.1, -0.05) is 0 Å². The highest BCUT2D eigenvalue weighted by atomic mass is 19.1. The van der Waals surface area contributed by atoms with E-state index in [0.29, 0.717) is 12.1 Å². The summed E-state index contributed by atoms with van der Waals surface area (Å²) in [5.41, 5.74) is 4.34. The molecule has 0 fully saturated rings. The lowest BCUT2D eigenvalue weighted by molar-refractivity contribution is 0.0128. The van der Waals surface area contributed by atoms with E-state index in [1.165, 1.54) is 6.07 Å². The molecule has 0 saturated carbocycles. The number of aliphatic hydroxyl groups excluding tert-OH is 2. The first-order valence-corrected chi connectivity index (χ1v) is 4.96. The van der Waals surface area contributed by atoms with Gasteiger partial charge < -0.3 is 15.9 Å². The molecular formula is C11H12F2N2O2. The Morgan fingerprint density at radius 1 is 1.29 bits per heavy atom. The first kappa shape index (κ1) is 13.5. The Bertz CT molecular complexity index is 446. The van der Waals surface area contributed by atoms with Crippen molar-refractivity contribution in [3.63, 3.8) is 0 Å². The summed E-state index contributed by atoms with van der Waals surface area (Å²) in [5.74, 6) is -1.88. The van der Waals surface area contributed by atoms with Crippen LogP contribution in [0.1, 0.15) is 23.7 Å². The smallest absolute Gasteiger partial charge is 0.141 e. The molecule has 17 heavy (non-hydrogen) atoms. The molecule has 0 radical (unpaired) electrons. The van der Waals surface area contributed by atoms with Crippen molar-refractivity contribution in [1.29, 1.82) is 5.26 Å². The largest absolute Gasteiger partial charge is 0.390 e. The van der Waals surface area contributed by atoms with Crippen molar-refractivity contribution >= 4 is 0 Å². The van der Waals surface area contributed by atoms with Crippen LogP contribution in [0.25, 0.3) is 0 Å². The van der Waals surface area contributed by atoms with E-state index in [-0.39, 0.29) is 18.5 Å². The summed E-state index contributed by atoms with van der Waals surface area (Å²) in [4.78, 5) is 0. The number of hydrogen-bond acceptors (Lipinski definition) is 4. The molecule has 1 rings (SSSR count). The standard InChI is InChI=1S/C11H12F2N2O2/c12-8-4-7(9(13)3-6(8)5-15)11(17)10(16)1-2-14/h3-4,10-11,16-17H,1-2,14H2. The molecule has 2 atom stereocenters. The van der Waals surface area contributed by atoms with Gasteiger partial charge in [-0.05, 0) is 25.1 Å². The number of rotatable bonds is 4. The van der Waals surface area contributed by atoms with Crippen LogP contribution in [0, 0.1) is 23.0 Å². The summed E-state index contributed by atoms with van der Waals surface area (Å²) in [5, 5.41) is 27.5. The molecule has 0 aliphatic heterocycles. The molecule has 92 valence electrons. The highest BCUT2D eigenvalue weighted by Gasteiger charge is 2.22. The highest BCUT2D eigenvalue weighted by Crippen LogP contribution is 2.24. The molecular weight excluding hydrogens is 230 g/mol. The SMILES string of the molecule is N#Cc1cc(F)c(C(O)C(O)CCN)cc1F. The van der Waals surface area contributed by atoms with Crippen molar-refractivity contribution in [2.24, 2.45) is 5.73 Å². The van der Waals surface area contributed by atoms with Crippen LogP contribution in [0.3, 0.4) is 0 Å². The molecule has 6 heteroatoms. The Hall–Kier alpha value is -1.55. The van der Waals surface area contributed by atoms with E-state index >= 15 is 0 Å². The lowest BCUT2D eigenvalue weighted by Crippen LogP contribution is -2.22. The molecule has 0 spiro atoms. The van der Waals surface area contributed by atoms with Crippen LogP contribution in [0.2, 0.25) is 0 Å². The third kappa shape index (κ3) is 2.97. The molecule has 0 bridgehead atoms. The molecule has 4 N–H and O–H groups in total. The van der Waals surface area contributed by atoms with Crippen molar-refractivity contribution in [1.82, 2.24) is 0 Å². The number of nitrogens with zero attached hydrogens (tertiary/aromatic N) is 1. The van der Waals surface area contributed by atoms with E-state index in [2.05, 4.69) is 0 Å². The average molecular weight is 242 g/mol. The molecule has 0 amide bonds. The first-order valence-electron chi connectivity index (χ1n) is 4.96. The van der Waals surface area contributed by atoms with Crippen LogP contribution < -0.4 is 5.73 Å². The van der Waals surface area contributed by atoms with Gasteiger partial charge in [-0.2, -0.15) is 5.26 Å². The van der Waals surface area contributed by atoms with Crippen molar-refractivity contribution in [3.05, 3.63) is 34.9 Å². The zero-order chi connectivity index (χ0) is 13.0. The number of hydrogen-bond donors (Lipinski definition) is 3. The fourth-order valence-corrected chi connectivity index (χ4v) is 1.41. The predicted molar refractivity (Wildman–Crippen MR) is 55.7 cm³/mol. The minimum Gasteiger partial charge on any atom is -0.390 e. The monoisotopic (exact) mass is 242 g/mol. The third-order valence-corrected chi connectivity index (χ3v) is 2.35. The Morgan fingerprint density at radius 3 is 2.47 bits per heavy atom. The highest BCUT2D eigenvalue weighted by molar-refractivity contribution is 5.35. The number of nitrogens with two attached hydrogens (primary N) is 1. The van der Waals surface area contributed by atoms with Gasteiger partial charge in [0, 0.05) is 5.56 Å². The quantitative estimate of drug-likeness (QED) is 0.720. The van der Waals surface area contributed by atoms with Crippen molar-refractivity contribution in [2.75, 3.05) is 6.54 Å². The van der Waals surface area contributed by atoms with Gasteiger partial charge in [0.15, 0.2) is 0 Å². The van der Waals surface area contributed by atoms with Crippen LogP contribution in [0.4, 0.5) is 8.78 Å². The lowest BCUT2D eigenvalue weighted by Gasteiger charge is -2.18. The number of halogens is 2. The van der Waals surface area contributed by atoms with Crippen LogP contribution in [-0.2, 0) is 0 Å². The Labute approximate surface area is 96.9 Å². The third-order valence-electron chi connectivity index (χ3n) is 2.35. The average Bonchev–Trinajstić information content (AvgIpc) is 2.31. The van der Waals surface area contributed by atoms with Gasteiger partial charge in [-0.15, -0.1) is 0 Å². The fraction of sp³-hybridized carbons (Fsp3) is 0.364. The van der Waals surface area contributed by atoms with Gasteiger partial charge >= 0.3 is 0 Å². The van der Waals surface area contributed by atoms with Gasteiger partial charge in [0.2, 0.25) is 0 Å². The van der Waals surface area contributed by atoms with E-state index in [1.807, 2.05) is 0 Å². The minimum atomic E-state index is -1.57. The second kappa shape index (κ2) is 5.68. The van der Waals surface area contributed by atoms with E-state index in [1.54, 1.807) is 0 Å². The van der Waals surface area contributed by atoms with Crippen molar-refractivity contribution < 1.29 is 19.0 Å². The van der Waals surface area contributed by atoms with E-state index in [9.17, 15) is 19.0 Å². The normalized spacial score (nSPS) is 14.1. The zero-order valence-electron chi connectivity index (χ0n) is 8.90. The second-order valence-corrected chi connectivity index (χ2v) is 3.55. The molecule has 0 aliphatic carbocycles.